The Kier molecular flexibility index (Phi) is 5.04. The molecule has 0 spiro atoms. The van der Waals surface area contributed by atoms with Crippen LogP contribution in [0.15, 0.2) is 57.7 Å². The molecule has 0 aliphatic rings. The number of carbonyl (C=O) groups excluding carboxylic acids is 1. The number of nitrogens with one attached hydrogen (secondary N) is 1. The summed E-state index contributed by atoms with van der Waals surface area (Å²) in [6.07, 6.45) is 0. The maximum atomic E-state index is 12.9. The van der Waals surface area contributed by atoms with Crippen LogP contribution >= 0.6 is 0 Å². The summed E-state index contributed by atoms with van der Waals surface area (Å²) in [7, 11) is 0. The molecule has 1 amide bonds. The fraction of sp³-hybridized carbons (Fsp3) is 0.200. The fourth-order valence-corrected chi connectivity index (χ4v) is 3.75. The number of para-hydroxylation sites is 1. The van der Waals surface area contributed by atoms with E-state index in [-0.39, 0.29) is 17.9 Å². The summed E-state index contributed by atoms with van der Waals surface area (Å²) in [5, 5.41) is 3.86. The Balaban J connectivity index is 1.60. The van der Waals surface area contributed by atoms with Gasteiger partial charge in [-0.15, -0.1) is 0 Å². The minimum Gasteiger partial charge on any atom is -0.483 e. The lowest BCUT2D eigenvalue weighted by molar-refractivity contribution is -0.118. The highest BCUT2D eigenvalue weighted by Gasteiger charge is 2.12. The molecule has 3 aromatic carbocycles. The van der Waals surface area contributed by atoms with Crippen molar-refractivity contribution in [2.45, 2.75) is 27.7 Å². The summed E-state index contributed by atoms with van der Waals surface area (Å²) in [5.74, 6) is 0.432. The number of hydrogen-bond acceptors (Lipinski definition) is 4. The third-order valence-corrected chi connectivity index (χ3v) is 5.14. The van der Waals surface area contributed by atoms with Gasteiger partial charge in [-0.25, -0.2) is 0 Å². The molecule has 4 aromatic rings. The van der Waals surface area contributed by atoms with Crippen LogP contribution in [0.3, 0.4) is 0 Å². The average Bonchev–Trinajstić information content (AvgIpc) is 2.68. The highest BCUT2D eigenvalue weighted by atomic mass is 16.5. The molecule has 5 heteroatoms. The van der Waals surface area contributed by atoms with E-state index in [1.54, 1.807) is 18.2 Å². The number of hydrogen-bond donors (Lipinski definition) is 1. The van der Waals surface area contributed by atoms with Crippen LogP contribution in [0.2, 0.25) is 0 Å². The molecule has 1 heterocycles. The zero-order valence-electron chi connectivity index (χ0n) is 17.5. The van der Waals surface area contributed by atoms with Crippen molar-refractivity contribution in [1.82, 2.24) is 0 Å². The second kappa shape index (κ2) is 7.67. The maximum absolute atomic E-state index is 12.9. The highest BCUT2D eigenvalue weighted by Crippen LogP contribution is 2.25. The molecule has 0 saturated heterocycles. The normalized spacial score (nSPS) is 11.1. The maximum Gasteiger partial charge on any atom is 0.262 e. The SMILES string of the molecule is Cc1cc(C)c2oc3cc(NC(=O)COc4c(C)cccc4C)ccc3c(=O)c2c1. The molecule has 0 unspecified atom stereocenters. The molecule has 0 aliphatic carbocycles. The second-order valence-corrected chi connectivity index (χ2v) is 7.66. The smallest absolute Gasteiger partial charge is 0.262 e. The van der Waals surface area contributed by atoms with Gasteiger partial charge in [0.2, 0.25) is 5.43 Å². The standard InChI is InChI=1S/C25H23NO4/c1-14-10-17(4)25-20(11-14)23(28)19-9-8-18(12-21(19)30-25)26-22(27)13-29-24-15(2)6-5-7-16(24)3/h5-12H,13H2,1-4H3,(H,26,27). The molecule has 1 aromatic heterocycles. The fourth-order valence-electron chi connectivity index (χ4n) is 3.75. The summed E-state index contributed by atoms with van der Waals surface area (Å²) in [4.78, 5) is 25.3. The van der Waals surface area contributed by atoms with Crippen molar-refractivity contribution in [3.8, 4) is 5.75 Å². The molecule has 0 atom stereocenters. The Hall–Kier alpha value is -3.60. The van der Waals surface area contributed by atoms with Gasteiger partial charge >= 0.3 is 0 Å². The van der Waals surface area contributed by atoms with E-state index in [1.165, 1.54) is 0 Å². The zero-order chi connectivity index (χ0) is 21.4. The first-order chi connectivity index (χ1) is 14.3. The van der Waals surface area contributed by atoms with E-state index >= 15 is 0 Å². The first-order valence-corrected chi connectivity index (χ1v) is 9.80. The Morgan fingerprint density at radius 3 is 2.40 bits per heavy atom. The summed E-state index contributed by atoms with van der Waals surface area (Å²) in [6.45, 7) is 7.65. The van der Waals surface area contributed by atoms with Gasteiger partial charge < -0.3 is 14.5 Å². The molecule has 0 radical (unpaired) electrons. The monoisotopic (exact) mass is 401 g/mol. The molecule has 30 heavy (non-hydrogen) atoms. The summed E-state index contributed by atoms with van der Waals surface area (Å²) in [6, 6.07) is 14.7. The van der Waals surface area contributed by atoms with Crippen LogP contribution in [0.4, 0.5) is 5.69 Å². The number of anilines is 1. The summed E-state index contributed by atoms with van der Waals surface area (Å²) < 4.78 is 11.7. The van der Waals surface area contributed by atoms with Gasteiger partial charge in [0.15, 0.2) is 6.61 Å². The minimum atomic E-state index is -0.285. The Morgan fingerprint density at radius 1 is 0.933 bits per heavy atom. The molecule has 0 saturated carbocycles. The minimum absolute atomic E-state index is 0.0747. The highest BCUT2D eigenvalue weighted by molar-refractivity contribution is 5.96. The van der Waals surface area contributed by atoms with Gasteiger partial charge in [-0.2, -0.15) is 0 Å². The van der Waals surface area contributed by atoms with E-state index < -0.39 is 0 Å². The quantitative estimate of drug-likeness (QED) is 0.478. The number of benzene rings is 3. The summed E-state index contributed by atoms with van der Waals surface area (Å²) >= 11 is 0. The Labute approximate surface area is 174 Å². The van der Waals surface area contributed by atoms with Crippen LogP contribution in [0.1, 0.15) is 22.3 Å². The van der Waals surface area contributed by atoms with E-state index in [9.17, 15) is 9.59 Å². The molecular formula is C25H23NO4. The van der Waals surface area contributed by atoms with E-state index in [0.717, 1.165) is 28.0 Å². The lowest BCUT2D eigenvalue weighted by atomic mass is 10.1. The van der Waals surface area contributed by atoms with Gasteiger partial charge in [-0.3, -0.25) is 9.59 Å². The Bertz CT molecular complexity index is 1330. The van der Waals surface area contributed by atoms with E-state index in [2.05, 4.69) is 5.32 Å². The molecule has 5 nitrogen and oxygen atoms in total. The zero-order valence-corrected chi connectivity index (χ0v) is 17.5. The van der Waals surface area contributed by atoms with Crippen LogP contribution in [-0.4, -0.2) is 12.5 Å². The van der Waals surface area contributed by atoms with Gasteiger partial charge in [-0.1, -0.05) is 24.3 Å². The molecule has 1 N–H and O–H groups in total. The van der Waals surface area contributed by atoms with Crippen molar-refractivity contribution in [3.63, 3.8) is 0 Å². The van der Waals surface area contributed by atoms with E-state index in [4.69, 9.17) is 9.15 Å². The predicted octanol–water partition coefficient (Wildman–Crippen LogP) is 5.20. The predicted molar refractivity (Wildman–Crippen MR) is 120 cm³/mol. The van der Waals surface area contributed by atoms with Crippen molar-refractivity contribution in [1.29, 1.82) is 0 Å². The topological polar surface area (TPSA) is 68.5 Å². The van der Waals surface area contributed by atoms with Gasteiger partial charge in [0.05, 0.1) is 10.8 Å². The first-order valence-electron chi connectivity index (χ1n) is 9.80. The molecular weight excluding hydrogens is 378 g/mol. The van der Waals surface area contributed by atoms with Gasteiger partial charge in [0.25, 0.3) is 5.91 Å². The van der Waals surface area contributed by atoms with Crippen molar-refractivity contribution in [3.05, 3.63) is 81.0 Å². The third kappa shape index (κ3) is 3.66. The number of fused-ring (bicyclic) bond motifs is 2. The molecule has 0 aliphatic heterocycles. The van der Waals surface area contributed by atoms with Crippen LogP contribution in [0.25, 0.3) is 21.9 Å². The van der Waals surface area contributed by atoms with E-state index in [1.807, 2.05) is 58.0 Å². The lowest BCUT2D eigenvalue weighted by Gasteiger charge is -2.12. The van der Waals surface area contributed by atoms with E-state index in [0.29, 0.717) is 27.6 Å². The van der Waals surface area contributed by atoms with Gasteiger partial charge in [-0.05, 0) is 68.1 Å². The van der Waals surface area contributed by atoms with Crippen molar-refractivity contribution < 1.29 is 13.9 Å². The summed E-state index contributed by atoms with van der Waals surface area (Å²) in [5.41, 5.74) is 5.35. The van der Waals surface area contributed by atoms with Crippen LogP contribution in [0, 0.1) is 27.7 Å². The number of rotatable bonds is 4. The molecule has 0 bridgehead atoms. The van der Waals surface area contributed by atoms with Gasteiger partial charge in [0.1, 0.15) is 16.9 Å². The van der Waals surface area contributed by atoms with Crippen LogP contribution in [-0.2, 0) is 4.79 Å². The number of amides is 1. The third-order valence-electron chi connectivity index (χ3n) is 5.14. The van der Waals surface area contributed by atoms with Gasteiger partial charge in [0, 0.05) is 11.8 Å². The molecule has 0 fully saturated rings. The Morgan fingerprint density at radius 2 is 1.67 bits per heavy atom. The largest absolute Gasteiger partial charge is 0.483 e. The van der Waals surface area contributed by atoms with Crippen LogP contribution < -0.4 is 15.5 Å². The van der Waals surface area contributed by atoms with Crippen LogP contribution in [0.5, 0.6) is 5.75 Å². The number of ether oxygens (including phenoxy) is 1. The number of aryl methyl sites for hydroxylation is 4. The number of carbonyl (C=O) groups is 1. The lowest BCUT2D eigenvalue weighted by Crippen LogP contribution is -2.20. The second-order valence-electron chi connectivity index (χ2n) is 7.66. The molecule has 152 valence electrons. The molecule has 4 rings (SSSR count). The average molecular weight is 401 g/mol. The first kappa shape index (κ1) is 19.7. The van der Waals surface area contributed by atoms with Crippen molar-refractivity contribution >= 4 is 33.5 Å². The van der Waals surface area contributed by atoms with Crippen molar-refractivity contribution in [2.75, 3.05) is 11.9 Å². The van der Waals surface area contributed by atoms with Crippen molar-refractivity contribution in [2.24, 2.45) is 0 Å².